The second kappa shape index (κ2) is 5.41. The van der Waals surface area contributed by atoms with Gasteiger partial charge in [0.15, 0.2) is 0 Å². The third-order valence-corrected chi connectivity index (χ3v) is 4.67. The van der Waals surface area contributed by atoms with Crippen molar-refractivity contribution in [1.29, 1.82) is 0 Å². The molecule has 2 aromatic rings. The van der Waals surface area contributed by atoms with Gasteiger partial charge in [-0.15, -0.1) is 0 Å². The van der Waals surface area contributed by atoms with Gasteiger partial charge in [0.1, 0.15) is 4.90 Å². The quantitative estimate of drug-likeness (QED) is 0.829. The average Bonchev–Trinajstić information content (AvgIpc) is 2.36. The first-order valence-electron chi connectivity index (χ1n) is 5.80. The zero-order chi connectivity index (χ0) is 14.9. The predicted octanol–water partition coefficient (Wildman–Crippen LogP) is 2.84. The molecule has 5 nitrogen and oxygen atoms in total. The first-order chi connectivity index (χ1) is 9.29. The molecule has 1 heterocycles. The van der Waals surface area contributed by atoms with E-state index in [1.54, 1.807) is 12.1 Å². The highest BCUT2D eigenvalue weighted by Crippen LogP contribution is 2.26. The molecule has 0 saturated carbocycles. The van der Waals surface area contributed by atoms with E-state index in [1.165, 1.54) is 18.5 Å². The molecule has 0 aliphatic rings. The van der Waals surface area contributed by atoms with Gasteiger partial charge in [-0.3, -0.25) is 9.71 Å². The second-order valence-electron chi connectivity index (χ2n) is 4.47. The van der Waals surface area contributed by atoms with Crippen LogP contribution in [0.5, 0.6) is 0 Å². The normalized spacial score (nSPS) is 11.3. The number of hydrogen-bond donors (Lipinski definition) is 2. The maximum atomic E-state index is 12.3. The van der Waals surface area contributed by atoms with E-state index in [2.05, 4.69) is 25.6 Å². The molecule has 0 aliphatic carbocycles. The molecule has 0 saturated heterocycles. The Labute approximate surface area is 126 Å². The van der Waals surface area contributed by atoms with Crippen LogP contribution in [0.15, 0.2) is 40.0 Å². The van der Waals surface area contributed by atoms with Gasteiger partial charge in [0.25, 0.3) is 10.0 Å². The van der Waals surface area contributed by atoms with Crippen LogP contribution in [-0.2, 0) is 10.0 Å². The third kappa shape index (κ3) is 3.10. The van der Waals surface area contributed by atoms with E-state index in [0.717, 1.165) is 11.1 Å². The molecule has 0 bridgehead atoms. The zero-order valence-electron chi connectivity index (χ0n) is 11.0. The maximum Gasteiger partial charge on any atom is 0.263 e. The van der Waals surface area contributed by atoms with Crippen molar-refractivity contribution in [1.82, 2.24) is 4.98 Å². The number of nitrogens with zero attached hydrogens (tertiary/aromatic N) is 1. The standard InChI is InChI=1S/C13H14BrN3O2S/c1-8-3-12(15)13(4-9(8)2)17-20(18,19)11-5-10(14)6-16-7-11/h3-7,17H,15H2,1-2H3. The molecule has 1 aromatic carbocycles. The summed E-state index contributed by atoms with van der Waals surface area (Å²) in [6.45, 7) is 3.81. The van der Waals surface area contributed by atoms with Crippen molar-refractivity contribution in [2.75, 3.05) is 10.5 Å². The molecule has 20 heavy (non-hydrogen) atoms. The van der Waals surface area contributed by atoms with Crippen LogP contribution in [0.2, 0.25) is 0 Å². The molecule has 2 rings (SSSR count). The molecule has 0 aliphatic heterocycles. The zero-order valence-corrected chi connectivity index (χ0v) is 13.4. The summed E-state index contributed by atoms with van der Waals surface area (Å²) in [6, 6.07) is 4.94. The molecule has 106 valence electrons. The summed E-state index contributed by atoms with van der Waals surface area (Å²) in [5.74, 6) is 0. The van der Waals surface area contributed by atoms with Crippen molar-refractivity contribution < 1.29 is 8.42 Å². The topological polar surface area (TPSA) is 85.1 Å². The number of nitrogens with one attached hydrogen (secondary N) is 1. The number of nitrogen functional groups attached to an aromatic ring is 1. The highest BCUT2D eigenvalue weighted by molar-refractivity contribution is 9.10. The predicted molar refractivity (Wildman–Crippen MR) is 83.1 cm³/mol. The number of rotatable bonds is 3. The van der Waals surface area contributed by atoms with Gasteiger partial charge in [-0.25, -0.2) is 8.42 Å². The molecule has 3 N–H and O–H groups in total. The number of hydrogen-bond acceptors (Lipinski definition) is 4. The fourth-order valence-electron chi connectivity index (χ4n) is 1.67. The lowest BCUT2D eigenvalue weighted by Crippen LogP contribution is -2.14. The third-order valence-electron chi connectivity index (χ3n) is 2.90. The Morgan fingerprint density at radius 3 is 2.45 bits per heavy atom. The molecule has 0 amide bonds. The van der Waals surface area contributed by atoms with E-state index < -0.39 is 10.0 Å². The number of pyridine rings is 1. The summed E-state index contributed by atoms with van der Waals surface area (Å²) < 4.78 is 27.6. The van der Waals surface area contributed by atoms with Crippen LogP contribution in [0, 0.1) is 13.8 Å². The number of sulfonamides is 1. The fourth-order valence-corrected chi connectivity index (χ4v) is 3.25. The first-order valence-corrected chi connectivity index (χ1v) is 8.07. The Kier molecular flexibility index (Phi) is 4.01. The summed E-state index contributed by atoms with van der Waals surface area (Å²) in [5, 5.41) is 0. The largest absolute Gasteiger partial charge is 0.397 e. The molecule has 0 spiro atoms. The van der Waals surface area contributed by atoms with Gasteiger partial charge in [0.05, 0.1) is 11.4 Å². The lowest BCUT2D eigenvalue weighted by atomic mass is 10.1. The number of anilines is 2. The van der Waals surface area contributed by atoms with Gasteiger partial charge in [0, 0.05) is 16.9 Å². The molecule has 1 aromatic heterocycles. The lowest BCUT2D eigenvalue weighted by molar-refractivity contribution is 0.600. The SMILES string of the molecule is Cc1cc(N)c(NS(=O)(=O)c2cncc(Br)c2)cc1C. The summed E-state index contributed by atoms with van der Waals surface area (Å²) in [4.78, 5) is 3.92. The van der Waals surface area contributed by atoms with Gasteiger partial charge in [-0.2, -0.15) is 0 Å². The summed E-state index contributed by atoms with van der Waals surface area (Å²) in [6.07, 6.45) is 2.80. The van der Waals surface area contributed by atoms with E-state index >= 15 is 0 Å². The van der Waals surface area contributed by atoms with Crippen LogP contribution in [-0.4, -0.2) is 13.4 Å². The number of nitrogens with two attached hydrogens (primary N) is 1. The van der Waals surface area contributed by atoms with Gasteiger partial charge in [-0.1, -0.05) is 0 Å². The average molecular weight is 356 g/mol. The van der Waals surface area contributed by atoms with E-state index in [4.69, 9.17) is 5.73 Å². The minimum Gasteiger partial charge on any atom is -0.397 e. The van der Waals surface area contributed by atoms with Crippen LogP contribution in [0.3, 0.4) is 0 Å². The Hall–Kier alpha value is -1.60. The Balaban J connectivity index is 2.41. The number of benzene rings is 1. The Morgan fingerprint density at radius 2 is 1.80 bits per heavy atom. The smallest absolute Gasteiger partial charge is 0.263 e. The minimum absolute atomic E-state index is 0.0736. The Morgan fingerprint density at radius 1 is 1.15 bits per heavy atom. The summed E-state index contributed by atoms with van der Waals surface area (Å²) >= 11 is 3.20. The van der Waals surface area contributed by atoms with Gasteiger partial charge in [0.2, 0.25) is 0 Å². The van der Waals surface area contributed by atoms with E-state index in [-0.39, 0.29) is 4.90 Å². The highest BCUT2D eigenvalue weighted by atomic mass is 79.9. The Bertz CT molecular complexity index is 760. The maximum absolute atomic E-state index is 12.3. The first kappa shape index (κ1) is 14.8. The van der Waals surface area contributed by atoms with Crippen molar-refractivity contribution in [3.05, 3.63) is 46.2 Å². The highest BCUT2D eigenvalue weighted by Gasteiger charge is 2.16. The molecular weight excluding hydrogens is 342 g/mol. The lowest BCUT2D eigenvalue weighted by Gasteiger charge is -2.12. The second-order valence-corrected chi connectivity index (χ2v) is 7.07. The van der Waals surface area contributed by atoms with E-state index in [9.17, 15) is 8.42 Å². The minimum atomic E-state index is -3.71. The van der Waals surface area contributed by atoms with Gasteiger partial charge >= 0.3 is 0 Å². The van der Waals surface area contributed by atoms with Crippen LogP contribution in [0.4, 0.5) is 11.4 Å². The van der Waals surface area contributed by atoms with Crippen molar-refractivity contribution in [2.45, 2.75) is 18.7 Å². The van der Waals surface area contributed by atoms with Gasteiger partial charge < -0.3 is 5.73 Å². The molecule has 0 fully saturated rings. The van der Waals surface area contributed by atoms with Crippen molar-refractivity contribution in [2.24, 2.45) is 0 Å². The summed E-state index contributed by atoms with van der Waals surface area (Å²) in [7, 11) is -3.71. The summed E-state index contributed by atoms with van der Waals surface area (Å²) in [5.41, 5.74) is 8.58. The molecule has 0 radical (unpaired) electrons. The molecular formula is C13H14BrN3O2S. The fraction of sp³-hybridized carbons (Fsp3) is 0.154. The van der Waals surface area contributed by atoms with E-state index in [1.807, 2.05) is 13.8 Å². The molecule has 0 unspecified atom stereocenters. The van der Waals surface area contributed by atoms with Crippen molar-refractivity contribution in [3.63, 3.8) is 0 Å². The van der Waals surface area contributed by atoms with Crippen LogP contribution in [0.1, 0.15) is 11.1 Å². The van der Waals surface area contributed by atoms with Crippen LogP contribution < -0.4 is 10.5 Å². The number of aryl methyl sites for hydroxylation is 2. The van der Waals surface area contributed by atoms with Crippen LogP contribution >= 0.6 is 15.9 Å². The molecule has 0 atom stereocenters. The van der Waals surface area contributed by atoms with Crippen molar-refractivity contribution >= 4 is 37.3 Å². The van der Waals surface area contributed by atoms with E-state index in [0.29, 0.717) is 15.8 Å². The number of halogens is 1. The van der Waals surface area contributed by atoms with Gasteiger partial charge in [-0.05, 0) is 59.1 Å². The monoisotopic (exact) mass is 355 g/mol. The van der Waals surface area contributed by atoms with Crippen molar-refractivity contribution in [3.8, 4) is 0 Å². The molecule has 7 heteroatoms. The number of aromatic nitrogens is 1. The van der Waals surface area contributed by atoms with Crippen LogP contribution in [0.25, 0.3) is 0 Å².